The third-order valence-corrected chi connectivity index (χ3v) is 4.21. The zero-order chi connectivity index (χ0) is 19.1. The minimum atomic E-state index is -0.295. The number of aliphatic imine (C=N–C) groups is 1. The monoisotopic (exact) mass is 493 g/mol. The first kappa shape index (κ1) is 21.9. The number of imidazole rings is 1. The van der Waals surface area contributed by atoms with Crippen molar-refractivity contribution < 1.29 is 4.39 Å². The Bertz CT molecular complexity index is 881. The number of guanidine groups is 1. The Morgan fingerprint density at radius 2 is 2.00 bits per heavy atom. The number of nitrogens with zero attached hydrogens (tertiary/aromatic N) is 3. The highest BCUT2D eigenvalue weighted by atomic mass is 127. The zero-order valence-corrected chi connectivity index (χ0v) is 18.3. The van der Waals surface area contributed by atoms with Crippen molar-refractivity contribution in [1.82, 2.24) is 20.2 Å². The van der Waals surface area contributed by atoms with Crippen LogP contribution in [-0.4, -0.2) is 22.1 Å². The van der Waals surface area contributed by atoms with Crippen molar-refractivity contribution in [2.75, 3.05) is 6.54 Å². The zero-order valence-electron chi connectivity index (χ0n) is 16.0. The summed E-state index contributed by atoms with van der Waals surface area (Å²) in [5, 5.41) is 6.62. The van der Waals surface area contributed by atoms with Gasteiger partial charge in [0.25, 0.3) is 0 Å². The van der Waals surface area contributed by atoms with Gasteiger partial charge in [-0.05, 0) is 37.1 Å². The highest BCUT2D eigenvalue weighted by Crippen LogP contribution is 2.16. The lowest BCUT2D eigenvalue weighted by molar-refractivity contribution is 0.615. The van der Waals surface area contributed by atoms with E-state index in [0.29, 0.717) is 18.2 Å². The molecule has 7 heteroatoms. The standard InChI is InChI=1S/C21H24FN5.HI/c1-3-24-21(26-16(2)18-7-5-4-6-8-18)25-14-17-9-10-20(19(22)13-17)27-12-11-23-15-27;/h4-13,15-16H,3,14H2,1-2H3,(H2,24,25,26);1H. The van der Waals surface area contributed by atoms with E-state index in [1.165, 1.54) is 11.6 Å². The molecule has 1 aromatic heterocycles. The molecule has 2 N–H and O–H groups in total. The molecule has 1 heterocycles. The first-order chi connectivity index (χ1) is 13.2. The molecule has 0 bridgehead atoms. The maximum absolute atomic E-state index is 14.4. The van der Waals surface area contributed by atoms with Gasteiger partial charge in [0.2, 0.25) is 0 Å². The molecule has 3 rings (SSSR count). The fourth-order valence-electron chi connectivity index (χ4n) is 2.78. The van der Waals surface area contributed by atoms with Crippen LogP contribution in [0, 0.1) is 5.82 Å². The Balaban J connectivity index is 0.00000280. The van der Waals surface area contributed by atoms with Crippen molar-refractivity contribution >= 4 is 29.9 Å². The van der Waals surface area contributed by atoms with Crippen LogP contribution in [0.15, 0.2) is 72.2 Å². The van der Waals surface area contributed by atoms with Gasteiger partial charge >= 0.3 is 0 Å². The van der Waals surface area contributed by atoms with Gasteiger partial charge in [0.05, 0.1) is 24.6 Å². The van der Waals surface area contributed by atoms with Crippen LogP contribution >= 0.6 is 24.0 Å². The van der Waals surface area contributed by atoms with Crippen molar-refractivity contribution in [3.05, 3.63) is 84.2 Å². The normalized spacial score (nSPS) is 12.2. The Morgan fingerprint density at radius 1 is 1.21 bits per heavy atom. The maximum atomic E-state index is 14.4. The van der Waals surface area contributed by atoms with Crippen LogP contribution in [0.1, 0.15) is 31.0 Å². The summed E-state index contributed by atoms with van der Waals surface area (Å²) < 4.78 is 16.0. The number of hydrogen-bond acceptors (Lipinski definition) is 2. The lowest BCUT2D eigenvalue weighted by Crippen LogP contribution is -2.38. The lowest BCUT2D eigenvalue weighted by atomic mass is 10.1. The number of hydrogen-bond donors (Lipinski definition) is 2. The summed E-state index contributed by atoms with van der Waals surface area (Å²) in [5.41, 5.74) is 2.46. The third-order valence-electron chi connectivity index (χ3n) is 4.21. The predicted octanol–water partition coefficient (Wildman–Crippen LogP) is 4.45. The lowest BCUT2D eigenvalue weighted by Gasteiger charge is -2.18. The van der Waals surface area contributed by atoms with Crippen LogP contribution in [0.4, 0.5) is 4.39 Å². The van der Waals surface area contributed by atoms with Crippen molar-refractivity contribution in [2.24, 2.45) is 4.99 Å². The van der Waals surface area contributed by atoms with Crippen LogP contribution in [0.2, 0.25) is 0 Å². The summed E-state index contributed by atoms with van der Waals surface area (Å²) in [6, 6.07) is 15.4. The summed E-state index contributed by atoms with van der Waals surface area (Å²) in [6.07, 6.45) is 4.92. The van der Waals surface area contributed by atoms with Gasteiger partial charge in [-0.25, -0.2) is 14.4 Å². The van der Waals surface area contributed by atoms with Crippen molar-refractivity contribution in [2.45, 2.75) is 26.4 Å². The molecule has 0 saturated carbocycles. The van der Waals surface area contributed by atoms with Gasteiger partial charge in [0, 0.05) is 18.9 Å². The summed E-state index contributed by atoms with van der Waals surface area (Å²) in [6.45, 7) is 5.24. The Hall–Kier alpha value is -2.42. The maximum Gasteiger partial charge on any atom is 0.192 e. The molecule has 0 aliphatic rings. The van der Waals surface area contributed by atoms with E-state index in [1.54, 1.807) is 29.4 Å². The van der Waals surface area contributed by atoms with Gasteiger partial charge in [0.15, 0.2) is 5.96 Å². The van der Waals surface area contributed by atoms with E-state index >= 15 is 0 Å². The topological polar surface area (TPSA) is 54.2 Å². The van der Waals surface area contributed by atoms with E-state index in [0.717, 1.165) is 12.1 Å². The fourth-order valence-corrected chi connectivity index (χ4v) is 2.78. The Kier molecular flexibility index (Phi) is 8.43. The molecule has 3 aromatic rings. The minimum absolute atomic E-state index is 0. The summed E-state index contributed by atoms with van der Waals surface area (Å²) in [4.78, 5) is 8.54. The predicted molar refractivity (Wildman–Crippen MR) is 122 cm³/mol. The Labute approximate surface area is 182 Å². The fraction of sp³-hybridized carbons (Fsp3) is 0.238. The third kappa shape index (κ3) is 5.79. The van der Waals surface area contributed by atoms with E-state index in [-0.39, 0.29) is 35.8 Å². The molecular weight excluding hydrogens is 468 g/mol. The van der Waals surface area contributed by atoms with Crippen LogP contribution in [-0.2, 0) is 6.54 Å². The summed E-state index contributed by atoms with van der Waals surface area (Å²) in [5.74, 6) is 0.407. The number of nitrogens with one attached hydrogen (secondary N) is 2. The largest absolute Gasteiger partial charge is 0.357 e. The number of benzene rings is 2. The minimum Gasteiger partial charge on any atom is -0.357 e. The second-order valence-corrected chi connectivity index (χ2v) is 6.23. The molecule has 148 valence electrons. The highest BCUT2D eigenvalue weighted by molar-refractivity contribution is 14.0. The van der Waals surface area contributed by atoms with Crippen molar-refractivity contribution in [1.29, 1.82) is 0 Å². The van der Waals surface area contributed by atoms with Crippen LogP contribution in [0.5, 0.6) is 0 Å². The average molecular weight is 493 g/mol. The molecule has 0 radical (unpaired) electrons. The van der Waals surface area contributed by atoms with Gasteiger partial charge in [-0.15, -0.1) is 24.0 Å². The van der Waals surface area contributed by atoms with Crippen molar-refractivity contribution in [3.63, 3.8) is 0 Å². The molecule has 0 aliphatic carbocycles. The average Bonchev–Trinajstić information content (AvgIpc) is 3.21. The highest BCUT2D eigenvalue weighted by Gasteiger charge is 2.08. The molecule has 5 nitrogen and oxygen atoms in total. The van der Waals surface area contributed by atoms with Gasteiger partial charge in [0.1, 0.15) is 5.82 Å². The van der Waals surface area contributed by atoms with E-state index in [1.807, 2.05) is 31.2 Å². The molecule has 28 heavy (non-hydrogen) atoms. The van der Waals surface area contributed by atoms with Crippen LogP contribution < -0.4 is 10.6 Å². The smallest absolute Gasteiger partial charge is 0.192 e. The molecule has 2 aromatic carbocycles. The van der Waals surface area contributed by atoms with Crippen LogP contribution in [0.3, 0.4) is 0 Å². The molecule has 0 saturated heterocycles. The summed E-state index contributed by atoms with van der Waals surface area (Å²) >= 11 is 0. The molecule has 1 unspecified atom stereocenters. The van der Waals surface area contributed by atoms with E-state index in [9.17, 15) is 4.39 Å². The first-order valence-electron chi connectivity index (χ1n) is 9.04. The quantitative estimate of drug-likeness (QED) is 0.303. The van der Waals surface area contributed by atoms with Gasteiger partial charge in [-0.3, -0.25) is 0 Å². The second-order valence-electron chi connectivity index (χ2n) is 6.23. The number of aromatic nitrogens is 2. The molecule has 0 fully saturated rings. The molecular formula is C21H25FIN5. The molecule has 0 aliphatic heterocycles. The second kappa shape index (κ2) is 10.8. The van der Waals surface area contributed by atoms with Gasteiger partial charge < -0.3 is 15.2 Å². The van der Waals surface area contributed by atoms with Crippen LogP contribution in [0.25, 0.3) is 5.69 Å². The first-order valence-corrected chi connectivity index (χ1v) is 9.04. The number of rotatable bonds is 6. The van der Waals surface area contributed by atoms with Gasteiger partial charge in [-0.1, -0.05) is 36.4 Å². The Morgan fingerprint density at radius 3 is 2.64 bits per heavy atom. The molecule has 0 spiro atoms. The number of halogens is 2. The molecule has 0 amide bonds. The molecule has 1 atom stereocenters. The van der Waals surface area contributed by atoms with Crippen molar-refractivity contribution in [3.8, 4) is 5.69 Å². The SMILES string of the molecule is CCNC(=NCc1ccc(-n2ccnc2)c(F)c1)NC(C)c1ccccc1.I. The van der Waals surface area contributed by atoms with Gasteiger partial charge in [-0.2, -0.15) is 0 Å². The van der Waals surface area contributed by atoms with E-state index < -0.39 is 0 Å². The van der Waals surface area contributed by atoms with E-state index in [4.69, 9.17) is 0 Å². The van der Waals surface area contributed by atoms with E-state index in [2.05, 4.69) is 39.7 Å². The summed E-state index contributed by atoms with van der Waals surface area (Å²) in [7, 11) is 0.